The molecule has 1 aliphatic rings. The number of rotatable bonds is 6. The molecule has 0 amide bonds. The monoisotopic (exact) mass is 266 g/mol. The zero-order valence-electron chi connectivity index (χ0n) is 12.1. The van der Waals surface area contributed by atoms with Gasteiger partial charge in [-0.05, 0) is 31.7 Å². The van der Waals surface area contributed by atoms with E-state index >= 15 is 0 Å². The lowest BCUT2D eigenvalue weighted by molar-refractivity contribution is 0.445. The molecule has 0 spiro atoms. The Bertz CT molecular complexity index is 374. The second-order valence-electron chi connectivity index (χ2n) is 6.42. The van der Waals surface area contributed by atoms with E-state index in [2.05, 4.69) is 38.4 Å². The van der Waals surface area contributed by atoms with Gasteiger partial charge in [0.05, 0.1) is 10.7 Å². The molecule has 3 heteroatoms. The van der Waals surface area contributed by atoms with E-state index < -0.39 is 0 Å². The van der Waals surface area contributed by atoms with E-state index in [-0.39, 0.29) is 5.41 Å². The Balaban J connectivity index is 1.87. The van der Waals surface area contributed by atoms with Gasteiger partial charge in [0.2, 0.25) is 0 Å². The number of aryl methyl sites for hydroxylation is 1. The second-order valence-corrected chi connectivity index (χ2v) is 7.36. The molecule has 1 atom stereocenters. The van der Waals surface area contributed by atoms with Gasteiger partial charge >= 0.3 is 0 Å². The summed E-state index contributed by atoms with van der Waals surface area (Å²) in [5, 5.41) is 7.17. The molecule has 1 aromatic heterocycles. The Morgan fingerprint density at radius 2 is 2.17 bits per heavy atom. The fourth-order valence-electron chi connectivity index (χ4n) is 2.31. The Morgan fingerprint density at radius 3 is 2.67 bits per heavy atom. The van der Waals surface area contributed by atoms with Crippen molar-refractivity contribution in [3.8, 4) is 0 Å². The first-order chi connectivity index (χ1) is 8.50. The Labute approximate surface area is 115 Å². The quantitative estimate of drug-likeness (QED) is 0.848. The largest absolute Gasteiger partial charge is 0.314 e. The highest BCUT2D eigenvalue weighted by Crippen LogP contribution is 2.34. The molecule has 1 unspecified atom stereocenters. The molecule has 1 saturated carbocycles. The maximum Gasteiger partial charge on any atom is 0.0929 e. The predicted molar refractivity (Wildman–Crippen MR) is 79.3 cm³/mol. The average molecular weight is 266 g/mol. The van der Waals surface area contributed by atoms with Gasteiger partial charge < -0.3 is 5.32 Å². The summed E-state index contributed by atoms with van der Waals surface area (Å²) in [5.74, 6) is 0.937. The van der Waals surface area contributed by atoms with Crippen LogP contribution in [0.2, 0.25) is 0 Å². The maximum atomic E-state index is 4.78. The SMILES string of the molecule is CCNC(CCc1nc(C(C)(C)C)cs1)C1CC1. The van der Waals surface area contributed by atoms with Crippen LogP contribution in [-0.4, -0.2) is 17.6 Å². The highest BCUT2D eigenvalue weighted by molar-refractivity contribution is 7.09. The molecule has 2 nitrogen and oxygen atoms in total. The maximum absolute atomic E-state index is 4.78. The van der Waals surface area contributed by atoms with Crippen LogP contribution in [-0.2, 0) is 11.8 Å². The van der Waals surface area contributed by atoms with E-state index in [0.29, 0.717) is 0 Å². The first-order valence-corrected chi connectivity index (χ1v) is 8.07. The number of hydrogen-bond donors (Lipinski definition) is 1. The molecular weight excluding hydrogens is 240 g/mol. The summed E-state index contributed by atoms with van der Waals surface area (Å²) in [6.45, 7) is 10.00. The zero-order chi connectivity index (χ0) is 13.2. The Morgan fingerprint density at radius 1 is 1.44 bits per heavy atom. The van der Waals surface area contributed by atoms with Crippen molar-refractivity contribution in [1.82, 2.24) is 10.3 Å². The van der Waals surface area contributed by atoms with Gasteiger partial charge in [-0.3, -0.25) is 0 Å². The lowest BCUT2D eigenvalue weighted by Crippen LogP contribution is -2.31. The fourth-order valence-corrected chi connectivity index (χ4v) is 3.36. The molecule has 0 aliphatic heterocycles. The lowest BCUT2D eigenvalue weighted by Gasteiger charge is -2.16. The van der Waals surface area contributed by atoms with Crippen molar-refractivity contribution in [1.29, 1.82) is 0 Å². The third-order valence-electron chi connectivity index (χ3n) is 3.65. The predicted octanol–water partition coefficient (Wildman–Crippen LogP) is 3.76. The standard InChI is InChI=1S/C15H26N2S/c1-5-16-12(11-6-7-11)8-9-14-17-13(10-18-14)15(2,3)4/h10-12,16H,5-9H2,1-4H3. The van der Waals surface area contributed by atoms with Crippen molar-refractivity contribution in [2.24, 2.45) is 5.92 Å². The number of aromatic nitrogens is 1. The molecule has 0 aromatic carbocycles. The van der Waals surface area contributed by atoms with Gasteiger partial charge in [0, 0.05) is 23.3 Å². The van der Waals surface area contributed by atoms with Crippen LogP contribution in [0.25, 0.3) is 0 Å². The van der Waals surface area contributed by atoms with Gasteiger partial charge in [-0.1, -0.05) is 27.7 Å². The minimum absolute atomic E-state index is 0.187. The van der Waals surface area contributed by atoms with Crippen molar-refractivity contribution in [3.05, 3.63) is 16.1 Å². The number of hydrogen-bond acceptors (Lipinski definition) is 3. The van der Waals surface area contributed by atoms with Crippen LogP contribution in [0.1, 0.15) is 57.7 Å². The third kappa shape index (κ3) is 3.79. The molecule has 18 heavy (non-hydrogen) atoms. The smallest absolute Gasteiger partial charge is 0.0929 e. The molecule has 0 saturated heterocycles. The van der Waals surface area contributed by atoms with Gasteiger partial charge in [0.15, 0.2) is 0 Å². The van der Waals surface area contributed by atoms with Crippen molar-refractivity contribution in [3.63, 3.8) is 0 Å². The van der Waals surface area contributed by atoms with E-state index in [4.69, 9.17) is 4.98 Å². The lowest BCUT2D eigenvalue weighted by atomic mass is 9.93. The van der Waals surface area contributed by atoms with Crippen LogP contribution in [0.3, 0.4) is 0 Å². The highest BCUT2D eigenvalue weighted by atomic mass is 32.1. The van der Waals surface area contributed by atoms with E-state index in [1.54, 1.807) is 0 Å². The first-order valence-electron chi connectivity index (χ1n) is 7.19. The molecule has 1 heterocycles. The topological polar surface area (TPSA) is 24.9 Å². The zero-order valence-corrected chi connectivity index (χ0v) is 12.9. The van der Waals surface area contributed by atoms with Crippen LogP contribution in [0.5, 0.6) is 0 Å². The summed E-state index contributed by atoms with van der Waals surface area (Å²) < 4.78 is 0. The molecule has 1 fully saturated rings. The molecule has 1 N–H and O–H groups in total. The molecule has 2 rings (SSSR count). The van der Waals surface area contributed by atoms with E-state index in [9.17, 15) is 0 Å². The molecule has 0 radical (unpaired) electrons. The Kier molecular flexibility index (Phi) is 4.44. The van der Waals surface area contributed by atoms with Gasteiger partial charge in [0.25, 0.3) is 0 Å². The fraction of sp³-hybridized carbons (Fsp3) is 0.800. The highest BCUT2D eigenvalue weighted by Gasteiger charge is 2.30. The number of nitrogens with one attached hydrogen (secondary N) is 1. The molecule has 1 aliphatic carbocycles. The van der Waals surface area contributed by atoms with Gasteiger partial charge in [-0.25, -0.2) is 4.98 Å². The summed E-state index contributed by atoms with van der Waals surface area (Å²) in [5.41, 5.74) is 1.43. The van der Waals surface area contributed by atoms with Crippen LogP contribution < -0.4 is 5.32 Å². The van der Waals surface area contributed by atoms with Crippen LogP contribution >= 0.6 is 11.3 Å². The van der Waals surface area contributed by atoms with Gasteiger partial charge in [0.1, 0.15) is 0 Å². The van der Waals surface area contributed by atoms with Crippen molar-refractivity contribution in [2.75, 3.05) is 6.54 Å². The molecule has 1 aromatic rings. The van der Waals surface area contributed by atoms with Crippen LogP contribution in [0, 0.1) is 5.92 Å². The summed E-state index contributed by atoms with van der Waals surface area (Å²) >= 11 is 1.83. The summed E-state index contributed by atoms with van der Waals surface area (Å²) in [4.78, 5) is 4.78. The molecular formula is C15H26N2S. The van der Waals surface area contributed by atoms with E-state index in [0.717, 1.165) is 24.9 Å². The number of nitrogens with zero attached hydrogens (tertiary/aromatic N) is 1. The normalized spacial score (nSPS) is 18.0. The van der Waals surface area contributed by atoms with E-state index in [1.165, 1.54) is 30.0 Å². The van der Waals surface area contributed by atoms with Gasteiger partial charge in [-0.2, -0.15) is 0 Å². The van der Waals surface area contributed by atoms with Crippen molar-refractivity contribution in [2.45, 2.75) is 64.8 Å². The van der Waals surface area contributed by atoms with Crippen LogP contribution in [0.15, 0.2) is 5.38 Å². The summed E-state index contributed by atoms with van der Waals surface area (Å²) in [7, 11) is 0. The minimum atomic E-state index is 0.187. The Hall–Kier alpha value is -0.410. The average Bonchev–Trinajstić information content (AvgIpc) is 3.01. The van der Waals surface area contributed by atoms with Crippen molar-refractivity contribution < 1.29 is 0 Å². The summed E-state index contributed by atoms with van der Waals surface area (Å²) in [6.07, 6.45) is 5.22. The molecule has 102 valence electrons. The second kappa shape index (κ2) is 5.70. The third-order valence-corrected chi connectivity index (χ3v) is 4.56. The number of thiazole rings is 1. The first kappa shape index (κ1) is 14.0. The summed E-state index contributed by atoms with van der Waals surface area (Å²) in [6, 6.07) is 0.719. The van der Waals surface area contributed by atoms with Crippen LogP contribution in [0.4, 0.5) is 0 Å². The minimum Gasteiger partial charge on any atom is -0.314 e. The van der Waals surface area contributed by atoms with E-state index in [1.807, 2.05) is 11.3 Å². The van der Waals surface area contributed by atoms with Crippen molar-refractivity contribution >= 4 is 11.3 Å². The molecule has 0 bridgehead atoms. The van der Waals surface area contributed by atoms with Gasteiger partial charge in [-0.15, -0.1) is 11.3 Å².